The van der Waals surface area contributed by atoms with Gasteiger partial charge < -0.3 is 10.2 Å². The summed E-state index contributed by atoms with van der Waals surface area (Å²) in [7, 11) is 0. The first kappa shape index (κ1) is 15.5. The molecule has 2 aliphatic rings. The zero-order chi connectivity index (χ0) is 15.2. The summed E-state index contributed by atoms with van der Waals surface area (Å²) in [5.74, 6) is 0.961. The van der Waals surface area contributed by atoms with Crippen molar-refractivity contribution in [3.63, 3.8) is 0 Å². The topological polar surface area (TPSA) is 35.6 Å². The van der Waals surface area contributed by atoms with Crippen molar-refractivity contribution in [2.24, 2.45) is 5.92 Å². The van der Waals surface area contributed by atoms with Crippen LogP contribution >= 0.6 is 0 Å². The number of nitrogens with one attached hydrogen (secondary N) is 1. The van der Waals surface area contributed by atoms with E-state index in [0.29, 0.717) is 6.54 Å². The molecule has 1 aromatic carbocycles. The van der Waals surface area contributed by atoms with Crippen LogP contribution in [0.4, 0.5) is 0 Å². The van der Waals surface area contributed by atoms with Crippen LogP contribution in [0.2, 0.25) is 0 Å². The van der Waals surface area contributed by atoms with Crippen LogP contribution < -0.4 is 5.32 Å². The van der Waals surface area contributed by atoms with E-state index in [1.54, 1.807) is 0 Å². The molecule has 0 unspecified atom stereocenters. The normalized spacial score (nSPS) is 20.0. The summed E-state index contributed by atoms with van der Waals surface area (Å²) in [6.45, 7) is 6.73. The van der Waals surface area contributed by atoms with Crippen molar-refractivity contribution in [1.29, 1.82) is 0 Å². The lowest BCUT2D eigenvalue weighted by molar-refractivity contribution is -0.122. The lowest BCUT2D eigenvalue weighted by atomic mass is 10.1. The molecule has 22 heavy (non-hydrogen) atoms. The molecule has 4 nitrogen and oxygen atoms in total. The Labute approximate surface area is 133 Å². The summed E-state index contributed by atoms with van der Waals surface area (Å²) >= 11 is 0. The van der Waals surface area contributed by atoms with Gasteiger partial charge in [0.05, 0.1) is 6.54 Å². The minimum Gasteiger partial charge on any atom is -0.355 e. The molecule has 0 bridgehead atoms. The lowest BCUT2D eigenvalue weighted by Crippen LogP contribution is -2.49. The average Bonchev–Trinajstić information content (AvgIpc) is 3.38. The largest absolute Gasteiger partial charge is 0.355 e. The number of nitrogens with zero attached hydrogens (tertiary/aromatic N) is 2. The van der Waals surface area contributed by atoms with E-state index in [9.17, 15) is 4.79 Å². The molecule has 4 heteroatoms. The minimum absolute atomic E-state index is 0.199. The maximum absolute atomic E-state index is 11.9. The molecule has 120 valence electrons. The summed E-state index contributed by atoms with van der Waals surface area (Å²) in [4.78, 5) is 16.7. The molecule has 3 rings (SSSR count). The van der Waals surface area contributed by atoms with Crippen molar-refractivity contribution < 1.29 is 4.79 Å². The Kier molecular flexibility index (Phi) is 5.46. The molecule has 1 aliphatic heterocycles. The van der Waals surface area contributed by atoms with Gasteiger partial charge in [-0.2, -0.15) is 0 Å². The van der Waals surface area contributed by atoms with Crippen LogP contribution in [0.1, 0.15) is 18.4 Å². The van der Waals surface area contributed by atoms with Gasteiger partial charge in [-0.05, 0) is 30.7 Å². The third kappa shape index (κ3) is 5.11. The van der Waals surface area contributed by atoms with Crippen LogP contribution in [-0.2, 0) is 11.2 Å². The van der Waals surface area contributed by atoms with Crippen LogP contribution in [0.25, 0.3) is 0 Å². The zero-order valence-corrected chi connectivity index (χ0v) is 13.3. The van der Waals surface area contributed by atoms with Crippen molar-refractivity contribution in [2.45, 2.75) is 19.3 Å². The van der Waals surface area contributed by atoms with Gasteiger partial charge in [0.1, 0.15) is 0 Å². The number of piperazine rings is 1. The third-order valence-corrected chi connectivity index (χ3v) is 4.68. The van der Waals surface area contributed by atoms with Crippen LogP contribution in [0, 0.1) is 5.92 Å². The van der Waals surface area contributed by atoms with Crippen molar-refractivity contribution in [1.82, 2.24) is 15.1 Å². The second kappa shape index (κ2) is 7.75. The molecular weight excluding hydrogens is 274 g/mol. The van der Waals surface area contributed by atoms with Gasteiger partial charge in [0, 0.05) is 39.3 Å². The van der Waals surface area contributed by atoms with Gasteiger partial charge in [0.2, 0.25) is 5.91 Å². The summed E-state index contributed by atoms with van der Waals surface area (Å²) in [5, 5.41) is 3.06. The Bertz CT molecular complexity index is 464. The van der Waals surface area contributed by atoms with E-state index in [0.717, 1.165) is 51.6 Å². The van der Waals surface area contributed by atoms with Crippen molar-refractivity contribution in [2.75, 3.05) is 45.8 Å². The Balaban J connectivity index is 1.30. The van der Waals surface area contributed by atoms with E-state index in [1.807, 2.05) is 0 Å². The molecule has 1 heterocycles. The Morgan fingerprint density at radius 1 is 1.05 bits per heavy atom. The highest BCUT2D eigenvalue weighted by molar-refractivity contribution is 5.78. The second-order valence-corrected chi connectivity index (χ2v) is 6.60. The number of benzene rings is 1. The van der Waals surface area contributed by atoms with Gasteiger partial charge in [-0.1, -0.05) is 30.3 Å². The Morgan fingerprint density at radius 2 is 1.73 bits per heavy atom. The Hall–Kier alpha value is -1.39. The second-order valence-electron chi connectivity index (χ2n) is 6.60. The van der Waals surface area contributed by atoms with Gasteiger partial charge >= 0.3 is 0 Å². The Morgan fingerprint density at radius 3 is 2.41 bits per heavy atom. The molecule has 1 aromatic rings. The average molecular weight is 301 g/mol. The molecular formula is C18H27N3O. The maximum Gasteiger partial charge on any atom is 0.234 e. The first-order valence-corrected chi connectivity index (χ1v) is 8.55. The lowest BCUT2D eigenvalue weighted by Gasteiger charge is -2.34. The smallest absolute Gasteiger partial charge is 0.234 e. The molecule has 0 aromatic heterocycles. The SMILES string of the molecule is O=C(CN1CCN(CCc2ccccc2)CC1)NCC1CC1. The summed E-state index contributed by atoms with van der Waals surface area (Å²) in [6, 6.07) is 10.7. The van der Waals surface area contributed by atoms with E-state index in [1.165, 1.54) is 18.4 Å². The summed E-state index contributed by atoms with van der Waals surface area (Å²) in [6.07, 6.45) is 3.70. The maximum atomic E-state index is 11.9. The van der Waals surface area contributed by atoms with Crippen molar-refractivity contribution >= 4 is 5.91 Å². The van der Waals surface area contributed by atoms with Crippen LogP contribution in [-0.4, -0.2) is 61.5 Å². The number of carbonyl (C=O) groups is 1. The summed E-state index contributed by atoms with van der Waals surface area (Å²) < 4.78 is 0. The highest BCUT2D eigenvalue weighted by atomic mass is 16.2. The molecule has 2 fully saturated rings. The van der Waals surface area contributed by atoms with Gasteiger partial charge in [-0.15, -0.1) is 0 Å². The highest BCUT2D eigenvalue weighted by Gasteiger charge is 2.23. The molecule has 0 atom stereocenters. The number of amides is 1. The number of carbonyl (C=O) groups excluding carboxylic acids is 1. The quantitative estimate of drug-likeness (QED) is 0.826. The van der Waals surface area contributed by atoms with Crippen molar-refractivity contribution in [3.8, 4) is 0 Å². The fourth-order valence-electron chi connectivity index (χ4n) is 2.94. The predicted octanol–water partition coefficient (Wildman–Crippen LogP) is 1.37. The fourth-order valence-corrected chi connectivity index (χ4v) is 2.94. The molecule has 0 spiro atoms. The van der Waals surface area contributed by atoms with E-state index < -0.39 is 0 Å². The minimum atomic E-state index is 0.199. The van der Waals surface area contributed by atoms with Crippen LogP contribution in [0.3, 0.4) is 0 Å². The first-order chi connectivity index (χ1) is 10.8. The molecule has 1 N–H and O–H groups in total. The molecule has 1 saturated carbocycles. The fraction of sp³-hybridized carbons (Fsp3) is 0.611. The molecule has 1 amide bonds. The monoisotopic (exact) mass is 301 g/mol. The van der Waals surface area contributed by atoms with Gasteiger partial charge in [-0.3, -0.25) is 9.69 Å². The van der Waals surface area contributed by atoms with Gasteiger partial charge in [0.15, 0.2) is 0 Å². The van der Waals surface area contributed by atoms with E-state index in [-0.39, 0.29) is 5.91 Å². The zero-order valence-electron chi connectivity index (χ0n) is 13.3. The number of rotatable bonds is 7. The third-order valence-electron chi connectivity index (χ3n) is 4.68. The predicted molar refractivity (Wildman–Crippen MR) is 88.8 cm³/mol. The first-order valence-electron chi connectivity index (χ1n) is 8.55. The van der Waals surface area contributed by atoms with Crippen molar-refractivity contribution in [3.05, 3.63) is 35.9 Å². The number of hydrogen-bond acceptors (Lipinski definition) is 3. The number of hydrogen-bond donors (Lipinski definition) is 1. The van der Waals surface area contributed by atoms with Crippen LogP contribution in [0.5, 0.6) is 0 Å². The molecule has 1 aliphatic carbocycles. The highest BCUT2D eigenvalue weighted by Crippen LogP contribution is 2.27. The van der Waals surface area contributed by atoms with Gasteiger partial charge in [0.25, 0.3) is 0 Å². The van der Waals surface area contributed by atoms with E-state index in [2.05, 4.69) is 45.4 Å². The standard InChI is InChI=1S/C18H27N3O/c22-18(19-14-17-6-7-17)15-21-12-10-20(11-13-21)9-8-16-4-2-1-3-5-16/h1-5,17H,6-15H2,(H,19,22). The van der Waals surface area contributed by atoms with E-state index >= 15 is 0 Å². The van der Waals surface area contributed by atoms with E-state index in [4.69, 9.17) is 0 Å². The molecule has 0 radical (unpaired) electrons. The van der Waals surface area contributed by atoms with Gasteiger partial charge in [-0.25, -0.2) is 0 Å². The molecule has 1 saturated heterocycles. The van der Waals surface area contributed by atoms with Crippen LogP contribution in [0.15, 0.2) is 30.3 Å². The summed E-state index contributed by atoms with van der Waals surface area (Å²) in [5.41, 5.74) is 1.41.